The summed E-state index contributed by atoms with van der Waals surface area (Å²) in [7, 11) is 0. The minimum Gasteiger partial charge on any atom is -0.310 e. The summed E-state index contributed by atoms with van der Waals surface area (Å²) in [6, 6.07) is 14.9. The Balaban J connectivity index is 1.99. The molecule has 1 unspecified atom stereocenters. The van der Waals surface area contributed by atoms with E-state index in [0.717, 1.165) is 17.9 Å². The average Bonchev–Trinajstić information content (AvgIpc) is 2.54. The summed E-state index contributed by atoms with van der Waals surface area (Å²) < 4.78 is 0. The maximum absolute atomic E-state index is 9.03. The highest BCUT2D eigenvalue weighted by atomic mass is 32.2. The molecule has 0 aliphatic heterocycles. The van der Waals surface area contributed by atoms with Crippen LogP contribution < -0.4 is 5.32 Å². The van der Waals surface area contributed by atoms with E-state index < -0.39 is 0 Å². The average molecular weight is 297 g/mol. The zero-order valence-corrected chi connectivity index (χ0v) is 13.2. The normalized spacial score (nSPS) is 11.9. The highest BCUT2D eigenvalue weighted by Crippen LogP contribution is 2.25. The van der Waals surface area contributed by atoms with Gasteiger partial charge in [0, 0.05) is 22.9 Å². The molecule has 1 atom stereocenters. The van der Waals surface area contributed by atoms with Gasteiger partial charge < -0.3 is 5.32 Å². The maximum atomic E-state index is 9.03. The van der Waals surface area contributed by atoms with Crippen LogP contribution in [0.25, 0.3) is 0 Å². The number of nitrogens with one attached hydrogen (secondary N) is 1. The summed E-state index contributed by atoms with van der Waals surface area (Å²) in [6.45, 7) is 5.25. The lowest BCUT2D eigenvalue weighted by molar-refractivity contribution is 0.598. The van der Waals surface area contributed by atoms with Gasteiger partial charge in [-0.3, -0.25) is 0 Å². The second-order valence-electron chi connectivity index (χ2n) is 4.76. The summed E-state index contributed by atoms with van der Waals surface area (Å²) in [6.07, 6.45) is 1.66. The Labute approximate surface area is 130 Å². The molecule has 1 heterocycles. The first-order chi connectivity index (χ1) is 10.2. The second kappa shape index (κ2) is 7.82. The van der Waals surface area contributed by atoms with Crippen molar-refractivity contribution in [3.63, 3.8) is 0 Å². The lowest BCUT2D eigenvalue weighted by Gasteiger charge is -2.13. The van der Waals surface area contributed by atoms with Crippen molar-refractivity contribution < 1.29 is 0 Å². The van der Waals surface area contributed by atoms with Crippen molar-refractivity contribution in [1.82, 2.24) is 10.3 Å². The Morgan fingerprint density at radius 1 is 1.29 bits per heavy atom. The monoisotopic (exact) mass is 297 g/mol. The SMILES string of the molecule is CCNC(C)c1ccc(SCc2cccnc2C#N)cc1. The summed E-state index contributed by atoms with van der Waals surface area (Å²) in [5.74, 6) is 0.763. The first-order valence-electron chi connectivity index (χ1n) is 7.04. The van der Waals surface area contributed by atoms with E-state index in [9.17, 15) is 0 Å². The quantitative estimate of drug-likeness (QED) is 0.821. The smallest absolute Gasteiger partial charge is 0.144 e. The minimum absolute atomic E-state index is 0.373. The first kappa shape index (κ1) is 15.6. The van der Waals surface area contributed by atoms with Gasteiger partial charge in [-0.2, -0.15) is 5.26 Å². The number of rotatable bonds is 6. The second-order valence-corrected chi connectivity index (χ2v) is 5.81. The molecule has 108 valence electrons. The van der Waals surface area contributed by atoms with E-state index in [2.05, 4.69) is 54.5 Å². The molecule has 0 fully saturated rings. The highest BCUT2D eigenvalue weighted by molar-refractivity contribution is 7.98. The van der Waals surface area contributed by atoms with Crippen LogP contribution >= 0.6 is 11.8 Å². The highest BCUT2D eigenvalue weighted by Gasteiger charge is 2.05. The van der Waals surface area contributed by atoms with E-state index in [-0.39, 0.29) is 0 Å². The van der Waals surface area contributed by atoms with Gasteiger partial charge in [0.25, 0.3) is 0 Å². The molecule has 0 saturated heterocycles. The number of hydrogen-bond donors (Lipinski definition) is 1. The number of hydrogen-bond acceptors (Lipinski definition) is 4. The predicted octanol–water partition coefficient (Wildman–Crippen LogP) is 3.92. The lowest BCUT2D eigenvalue weighted by Crippen LogP contribution is -2.17. The standard InChI is InChI=1S/C17H19N3S/c1-3-19-13(2)14-6-8-16(9-7-14)21-12-15-5-4-10-20-17(15)11-18/h4-10,13,19H,3,12H2,1-2H3. The lowest BCUT2D eigenvalue weighted by atomic mass is 10.1. The molecule has 2 aromatic rings. The zero-order chi connectivity index (χ0) is 15.1. The summed E-state index contributed by atoms with van der Waals surface area (Å²) in [5, 5.41) is 12.4. The molecule has 0 aliphatic carbocycles. The van der Waals surface area contributed by atoms with Crippen LogP contribution in [0.4, 0.5) is 0 Å². The number of thioether (sulfide) groups is 1. The van der Waals surface area contributed by atoms with Crippen LogP contribution in [-0.2, 0) is 5.75 Å². The molecule has 0 amide bonds. The largest absolute Gasteiger partial charge is 0.310 e. The molecular weight excluding hydrogens is 278 g/mol. The Bertz CT molecular complexity index is 617. The third-order valence-electron chi connectivity index (χ3n) is 3.28. The van der Waals surface area contributed by atoms with Crippen molar-refractivity contribution in [2.75, 3.05) is 6.54 Å². The van der Waals surface area contributed by atoms with Gasteiger partial charge in [0.2, 0.25) is 0 Å². The number of pyridine rings is 1. The van der Waals surface area contributed by atoms with E-state index in [1.54, 1.807) is 18.0 Å². The molecule has 4 heteroatoms. The van der Waals surface area contributed by atoms with Crippen LogP contribution in [0.2, 0.25) is 0 Å². The van der Waals surface area contributed by atoms with Crippen molar-refractivity contribution in [3.8, 4) is 6.07 Å². The van der Waals surface area contributed by atoms with E-state index in [0.29, 0.717) is 11.7 Å². The fraction of sp³-hybridized carbons (Fsp3) is 0.294. The first-order valence-corrected chi connectivity index (χ1v) is 8.03. The Morgan fingerprint density at radius 2 is 2.05 bits per heavy atom. The third-order valence-corrected chi connectivity index (χ3v) is 4.34. The Hall–Kier alpha value is -1.83. The van der Waals surface area contributed by atoms with Crippen molar-refractivity contribution in [2.24, 2.45) is 0 Å². The van der Waals surface area contributed by atoms with Crippen LogP contribution in [0, 0.1) is 11.3 Å². The summed E-state index contributed by atoms with van der Waals surface area (Å²) in [4.78, 5) is 5.29. The topological polar surface area (TPSA) is 48.7 Å². The fourth-order valence-corrected chi connectivity index (χ4v) is 2.98. The van der Waals surface area contributed by atoms with Gasteiger partial charge in [0.1, 0.15) is 11.8 Å². The van der Waals surface area contributed by atoms with Crippen molar-refractivity contribution in [1.29, 1.82) is 5.26 Å². The van der Waals surface area contributed by atoms with Crippen LogP contribution in [-0.4, -0.2) is 11.5 Å². The molecule has 2 rings (SSSR count). The Morgan fingerprint density at radius 3 is 2.71 bits per heavy atom. The molecule has 0 saturated carbocycles. The number of nitrogens with zero attached hydrogens (tertiary/aromatic N) is 2. The number of nitriles is 1. The molecule has 0 spiro atoms. The molecule has 0 bridgehead atoms. The molecule has 0 radical (unpaired) electrons. The zero-order valence-electron chi connectivity index (χ0n) is 12.3. The number of aromatic nitrogens is 1. The maximum Gasteiger partial charge on any atom is 0.144 e. The van der Waals surface area contributed by atoms with Gasteiger partial charge in [-0.25, -0.2) is 4.98 Å². The third kappa shape index (κ3) is 4.32. The Kier molecular flexibility index (Phi) is 5.79. The van der Waals surface area contributed by atoms with Crippen LogP contribution in [0.1, 0.15) is 36.7 Å². The van der Waals surface area contributed by atoms with E-state index in [4.69, 9.17) is 5.26 Å². The van der Waals surface area contributed by atoms with Crippen LogP contribution in [0.5, 0.6) is 0 Å². The fourth-order valence-electron chi connectivity index (χ4n) is 2.09. The minimum atomic E-state index is 0.373. The molecule has 1 N–H and O–H groups in total. The van der Waals surface area contributed by atoms with Crippen molar-refractivity contribution in [3.05, 3.63) is 59.4 Å². The van der Waals surface area contributed by atoms with E-state index in [1.165, 1.54) is 10.5 Å². The molecule has 0 aliphatic rings. The molecule has 3 nitrogen and oxygen atoms in total. The molecule has 1 aromatic heterocycles. The molecule has 21 heavy (non-hydrogen) atoms. The van der Waals surface area contributed by atoms with Crippen LogP contribution in [0.3, 0.4) is 0 Å². The van der Waals surface area contributed by atoms with Gasteiger partial charge in [0.05, 0.1) is 0 Å². The summed E-state index contributed by atoms with van der Waals surface area (Å²) in [5.41, 5.74) is 2.79. The van der Waals surface area contributed by atoms with Gasteiger partial charge in [-0.1, -0.05) is 25.1 Å². The van der Waals surface area contributed by atoms with Crippen LogP contribution in [0.15, 0.2) is 47.5 Å². The van der Waals surface area contributed by atoms with E-state index >= 15 is 0 Å². The molecular formula is C17H19N3S. The van der Waals surface area contributed by atoms with Gasteiger partial charge >= 0.3 is 0 Å². The van der Waals surface area contributed by atoms with Crippen molar-refractivity contribution >= 4 is 11.8 Å². The van der Waals surface area contributed by atoms with Gasteiger partial charge in [-0.15, -0.1) is 11.8 Å². The van der Waals surface area contributed by atoms with Gasteiger partial charge in [-0.05, 0) is 42.8 Å². The summed E-state index contributed by atoms with van der Waals surface area (Å²) >= 11 is 1.73. The molecule has 1 aromatic carbocycles. The van der Waals surface area contributed by atoms with Crippen molar-refractivity contribution in [2.45, 2.75) is 30.5 Å². The number of benzene rings is 1. The van der Waals surface area contributed by atoms with Gasteiger partial charge in [0.15, 0.2) is 0 Å². The predicted molar refractivity (Wildman–Crippen MR) is 87.0 cm³/mol. The van der Waals surface area contributed by atoms with E-state index in [1.807, 2.05) is 12.1 Å².